The van der Waals surface area contributed by atoms with E-state index in [1.165, 1.54) is 79.6 Å². The molecule has 2 aromatic rings. The molecule has 1 saturated heterocycles. The van der Waals surface area contributed by atoms with E-state index >= 15 is 0 Å². The van der Waals surface area contributed by atoms with Gasteiger partial charge in [0.05, 0.1) is 0 Å². The van der Waals surface area contributed by atoms with E-state index in [4.69, 9.17) is 0 Å². The van der Waals surface area contributed by atoms with E-state index in [2.05, 4.69) is 72.5 Å². The third-order valence-electron chi connectivity index (χ3n) is 5.79. The van der Waals surface area contributed by atoms with E-state index in [-0.39, 0.29) is 0 Å². The summed E-state index contributed by atoms with van der Waals surface area (Å²) in [4.78, 5) is 2.66. The number of likely N-dealkylation sites (tertiary alicyclic amines) is 1. The highest BCUT2D eigenvalue weighted by molar-refractivity contribution is 5.94. The van der Waals surface area contributed by atoms with Gasteiger partial charge in [-0.15, -0.1) is 0 Å². The van der Waals surface area contributed by atoms with Gasteiger partial charge in [-0.3, -0.25) is 0 Å². The number of fused-ring (bicyclic) bond motifs is 2. The molecule has 2 aromatic carbocycles. The first-order chi connectivity index (χ1) is 12.9. The quantitative estimate of drug-likeness (QED) is 0.505. The molecule has 2 aliphatic rings. The van der Waals surface area contributed by atoms with Crippen molar-refractivity contribution in [3.63, 3.8) is 0 Å². The monoisotopic (exact) mass is 343 g/mol. The number of nitrogens with zero attached hydrogens (tertiary/aromatic N) is 1. The summed E-state index contributed by atoms with van der Waals surface area (Å²) in [5.41, 5.74) is 8.63. The fourth-order valence-electron chi connectivity index (χ4n) is 4.33. The molecule has 0 N–H and O–H groups in total. The number of benzene rings is 2. The molecule has 0 saturated carbocycles. The van der Waals surface area contributed by atoms with Crippen LogP contribution in [-0.4, -0.2) is 24.5 Å². The predicted molar refractivity (Wildman–Crippen MR) is 113 cm³/mol. The van der Waals surface area contributed by atoms with Crippen LogP contribution in [0.2, 0.25) is 0 Å². The fraction of sp³-hybridized carbons (Fsp3) is 0.360. The summed E-state index contributed by atoms with van der Waals surface area (Å²) in [6.07, 6.45) is 11.0. The molecule has 1 heterocycles. The van der Waals surface area contributed by atoms with Crippen LogP contribution in [0.3, 0.4) is 0 Å². The first-order valence-electron chi connectivity index (χ1n) is 10.2. The molecule has 0 spiro atoms. The van der Waals surface area contributed by atoms with Crippen LogP contribution in [0.25, 0.3) is 17.7 Å². The van der Waals surface area contributed by atoms with E-state index in [0.717, 1.165) is 0 Å². The van der Waals surface area contributed by atoms with E-state index in [0.29, 0.717) is 0 Å². The van der Waals surface area contributed by atoms with Crippen molar-refractivity contribution >= 4 is 17.7 Å². The van der Waals surface area contributed by atoms with Gasteiger partial charge in [-0.05, 0) is 53.6 Å². The third kappa shape index (κ3) is 3.54. The molecule has 1 heteroatoms. The van der Waals surface area contributed by atoms with Crippen LogP contribution in [0, 0.1) is 0 Å². The molecule has 1 aliphatic heterocycles. The van der Waals surface area contributed by atoms with Gasteiger partial charge >= 0.3 is 0 Å². The SMILES string of the molecule is CCCCCN1CCC(=C2c3ccccc3C=Cc3ccccc32)CC1. The molecule has 1 fully saturated rings. The summed E-state index contributed by atoms with van der Waals surface area (Å²) in [6.45, 7) is 5.97. The largest absolute Gasteiger partial charge is 0.303 e. The first kappa shape index (κ1) is 17.3. The van der Waals surface area contributed by atoms with Gasteiger partial charge in [0.2, 0.25) is 0 Å². The van der Waals surface area contributed by atoms with E-state index in [1.807, 2.05) is 0 Å². The minimum atomic E-state index is 1.20. The molecule has 0 atom stereocenters. The van der Waals surface area contributed by atoms with Gasteiger partial charge in [0, 0.05) is 13.1 Å². The summed E-state index contributed by atoms with van der Waals surface area (Å²) in [7, 11) is 0. The Kier molecular flexibility index (Phi) is 5.36. The first-order valence-corrected chi connectivity index (χ1v) is 10.2. The average molecular weight is 344 g/mol. The van der Waals surface area contributed by atoms with Gasteiger partial charge in [-0.2, -0.15) is 0 Å². The van der Waals surface area contributed by atoms with Gasteiger partial charge < -0.3 is 4.90 Å². The van der Waals surface area contributed by atoms with Crippen LogP contribution in [0.5, 0.6) is 0 Å². The van der Waals surface area contributed by atoms with Gasteiger partial charge in [-0.1, -0.05) is 86.0 Å². The van der Waals surface area contributed by atoms with Gasteiger partial charge in [0.25, 0.3) is 0 Å². The lowest BCUT2D eigenvalue weighted by molar-refractivity contribution is 0.251. The van der Waals surface area contributed by atoms with Crippen molar-refractivity contribution < 1.29 is 0 Å². The number of unbranched alkanes of at least 4 members (excludes halogenated alkanes) is 2. The molecule has 26 heavy (non-hydrogen) atoms. The Balaban J connectivity index is 1.68. The van der Waals surface area contributed by atoms with Crippen LogP contribution in [0.1, 0.15) is 61.3 Å². The Bertz CT molecular complexity index is 766. The second-order valence-corrected chi connectivity index (χ2v) is 7.54. The highest BCUT2D eigenvalue weighted by atomic mass is 15.1. The maximum Gasteiger partial charge on any atom is 0.00190 e. The summed E-state index contributed by atoms with van der Waals surface area (Å²) in [6, 6.07) is 17.8. The summed E-state index contributed by atoms with van der Waals surface area (Å²) < 4.78 is 0. The van der Waals surface area contributed by atoms with Crippen molar-refractivity contribution in [1.82, 2.24) is 4.90 Å². The normalized spacial score (nSPS) is 17.0. The summed E-state index contributed by atoms with van der Waals surface area (Å²) in [5.74, 6) is 0. The zero-order valence-electron chi connectivity index (χ0n) is 15.9. The predicted octanol–water partition coefficient (Wildman–Crippen LogP) is 6.26. The lowest BCUT2D eigenvalue weighted by atomic mass is 9.86. The zero-order chi connectivity index (χ0) is 17.8. The Labute approximate surface area is 158 Å². The number of rotatable bonds is 4. The maximum absolute atomic E-state index is 2.66. The molecule has 0 unspecified atom stereocenters. The molecular formula is C25H29N. The Morgan fingerprint density at radius 1 is 0.769 bits per heavy atom. The molecule has 0 bridgehead atoms. The van der Waals surface area contributed by atoms with Crippen LogP contribution in [-0.2, 0) is 0 Å². The smallest absolute Gasteiger partial charge is 0.00190 e. The zero-order valence-corrected chi connectivity index (χ0v) is 15.9. The van der Waals surface area contributed by atoms with Crippen LogP contribution in [0.4, 0.5) is 0 Å². The molecule has 1 aliphatic carbocycles. The fourth-order valence-corrected chi connectivity index (χ4v) is 4.33. The topological polar surface area (TPSA) is 3.24 Å². The number of hydrogen-bond donors (Lipinski definition) is 0. The molecular weight excluding hydrogens is 314 g/mol. The highest BCUT2D eigenvalue weighted by Gasteiger charge is 2.22. The second-order valence-electron chi connectivity index (χ2n) is 7.54. The second kappa shape index (κ2) is 8.05. The lowest BCUT2D eigenvalue weighted by Crippen LogP contribution is -2.32. The van der Waals surface area contributed by atoms with Crippen molar-refractivity contribution in [3.05, 3.63) is 76.4 Å². The van der Waals surface area contributed by atoms with Crippen LogP contribution >= 0.6 is 0 Å². The standard InChI is InChI=1S/C25H29N/c1-2-3-8-17-26-18-15-22(16-19-26)25-23-11-6-4-9-20(23)13-14-21-10-5-7-12-24(21)25/h4-7,9-14H,2-3,8,15-19H2,1H3. The van der Waals surface area contributed by atoms with E-state index in [1.54, 1.807) is 5.57 Å². The highest BCUT2D eigenvalue weighted by Crippen LogP contribution is 2.38. The summed E-state index contributed by atoms with van der Waals surface area (Å²) in [5, 5.41) is 0. The maximum atomic E-state index is 2.66. The van der Waals surface area contributed by atoms with E-state index in [9.17, 15) is 0 Å². The van der Waals surface area contributed by atoms with Gasteiger partial charge in [0.1, 0.15) is 0 Å². The van der Waals surface area contributed by atoms with Crippen molar-refractivity contribution in [2.75, 3.05) is 19.6 Å². The molecule has 134 valence electrons. The third-order valence-corrected chi connectivity index (χ3v) is 5.79. The van der Waals surface area contributed by atoms with Gasteiger partial charge in [-0.25, -0.2) is 0 Å². The number of piperidine rings is 1. The van der Waals surface area contributed by atoms with Crippen molar-refractivity contribution in [3.8, 4) is 0 Å². The molecule has 0 radical (unpaired) electrons. The van der Waals surface area contributed by atoms with Crippen molar-refractivity contribution in [1.29, 1.82) is 0 Å². The van der Waals surface area contributed by atoms with E-state index < -0.39 is 0 Å². The molecule has 0 amide bonds. The minimum Gasteiger partial charge on any atom is -0.303 e. The number of hydrogen-bond acceptors (Lipinski definition) is 1. The molecule has 1 nitrogen and oxygen atoms in total. The minimum absolute atomic E-state index is 1.20. The Morgan fingerprint density at radius 3 is 1.92 bits per heavy atom. The summed E-state index contributed by atoms with van der Waals surface area (Å²) >= 11 is 0. The average Bonchev–Trinajstić information content (AvgIpc) is 2.86. The Hall–Kier alpha value is -2.12. The molecule has 4 rings (SSSR count). The van der Waals surface area contributed by atoms with Gasteiger partial charge in [0.15, 0.2) is 0 Å². The van der Waals surface area contributed by atoms with Crippen LogP contribution in [0.15, 0.2) is 54.1 Å². The molecule has 0 aromatic heterocycles. The van der Waals surface area contributed by atoms with Crippen molar-refractivity contribution in [2.45, 2.75) is 39.0 Å². The van der Waals surface area contributed by atoms with Crippen LogP contribution < -0.4 is 0 Å². The lowest BCUT2D eigenvalue weighted by Gasteiger charge is -2.30. The van der Waals surface area contributed by atoms with Crippen molar-refractivity contribution in [2.24, 2.45) is 0 Å². The Morgan fingerprint density at radius 2 is 1.35 bits per heavy atom.